The molecule has 0 saturated carbocycles. The molecule has 0 radical (unpaired) electrons. The molecule has 0 aromatic heterocycles. The van der Waals surface area contributed by atoms with Gasteiger partial charge in [-0.3, -0.25) is 0 Å². The number of rotatable bonds is 30. The molecule has 5 atom stereocenters. The first kappa shape index (κ1) is 49.7. The van der Waals surface area contributed by atoms with Crippen molar-refractivity contribution in [2.45, 2.75) is 232 Å². The predicted octanol–water partition coefficient (Wildman–Crippen LogP) is 10.7. The van der Waals surface area contributed by atoms with Crippen LogP contribution in [0, 0.1) is 0 Å². The summed E-state index contributed by atoms with van der Waals surface area (Å²) in [5.74, 6) is 0. The number of aliphatic hydroxyl groups is 6. The lowest BCUT2D eigenvalue weighted by molar-refractivity contribution is -0.00579. The van der Waals surface area contributed by atoms with E-state index in [1.54, 1.807) is 0 Å². The van der Waals surface area contributed by atoms with Gasteiger partial charge in [0.25, 0.3) is 0 Å². The summed E-state index contributed by atoms with van der Waals surface area (Å²) < 4.78 is 0. The van der Waals surface area contributed by atoms with Gasteiger partial charge in [-0.05, 0) is 204 Å². The number of hydrogen-bond acceptors (Lipinski definition) is 6. The summed E-state index contributed by atoms with van der Waals surface area (Å²) >= 11 is 0. The normalized spacial score (nSPS) is 19.1. The Hall–Kier alpha value is -1.28. The Morgan fingerprint density at radius 3 is 1.00 bits per heavy atom. The maximum atomic E-state index is 11.0. The summed E-state index contributed by atoms with van der Waals surface area (Å²) in [5.41, 5.74) is 1.32. The summed E-state index contributed by atoms with van der Waals surface area (Å²) in [5, 5.41) is 63.6. The monoisotopic (exact) mass is 721 g/mol. The van der Waals surface area contributed by atoms with Gasteiger partial charge in [-0.15, -0.1) is 0 Å². The second kappa shape index (κ2) is 24.9. The lowest BCUT2D eigenvalue weighted by Gasteiger charge is -2.30. The molecule has 0 amide bonds. The highest BCUT2D eigenvalue weighted by Crippen LogP contribution is 2.31. The van der Waals surface area contributed by atoms with E-state index >= 15 is 0 Å². The van der Waals surface area contributed by atoms with E-state index in [2.05, 4.69) is 52.8 Å². The SMILES string of the molecule is CC(C)=CCC[C@](C)(O)CCC[C@@](C)(O)CCC[C@](C)(O)CCC[C@](C)(O)CCC[C@](C)(O)CCC/C(C)=C/CC/C(C)=C/CC/C(C)=C/CO. The van der Waals surface area contributed by atoms with Gasteiger partial charge in [0.15, 0.2) is 0 Å². The van der Waals surface area contributed by atoms with Crippen molar-refractivity contribution < 1.29 is 30.6 Å². The van der Waals surface area contributed by atoms with Crippen LogP contribution in [0.5, 0.6) is 0 Å². The van der Waals surface area contributed by atoms with Crippen molar-refractivity contribution in [3.8, 4) is 0 Å². The van der Waals surface area contributed by atoms with Gasteiger partial charge in [0.05, 0.1) is 34.6 Å². The van der Waals surface area contributed by atoms with E-state index in [-0.39, 0.29) is 6.61 Å². The molecular formula is C45H84O6. The Morgan fingerprint density at radius 1 is 0.373 bits per heavy atom. The molecule has 0 aliphatic rings. The summed E-state index contributed by atoms with van der Waals surface area (Å²) in [7, 11) is 0. The third kappa shape index (κ3) is 29.8. The number of allylic oxidation sites excluding steroid dienone is 7. The van der Waals surface area contributed by atoms with E-state index in [1.807, 2.05) is 40.7 Å². The van der Waals surface area contributed by atoms with Crippen LogP contribution in [0.1, 0.15) is 204 Å². The lowest BCUT2D eigenvalue weighted by atomic mass is 9.84. The van der Waals surface area contributed by atoms with Crippen molar-refractivity contribution in [3.05, 3.63) is 46.6 Å². The zero-order chi connectivity index (χ0) is 39.2. The van der Waals surface area contributed by atoms with E-state index in [0.29, 0.717) is 51.4 Å². The van der Waals surface area contributed by atoms with Crippen molar-refractivity contribution in [3.63, 3.8) is 0 Å². The lowest BCUT2D eigenvalue weighted by Crippen LogP contribution is -2.30. The molecule has 6 nitrogen and oxygen atoms in total. The van der Waals surface area contributed by atoms with Gasteiger partial charge in [0.2, 0.25) is 0 Å². The molecule has 0 saturated heterocycles. The number of aliphatic hydroxyl groups excluding tert-OH is 1. The second-order valence-corrected chi connectivity index (χ2v) is 18.0. The van der Waals surface area contributed by atoms with Crippen LogP contribution in [-0.4, -0.2) is 65.3 Å². The van der Waals surface area contributed by atoms with Crippen molar-refractivity contribution in [2.75, 3.05) is 6.61 Å². The Labute approximate surface area is 315 Å². The first-order valence-electron chi connectivity index (χ1n) is 20.3. The predicted molar refractivity (Wildman–Crippen MR) is 218 cm³/mol. The highest BCUT2D eigenvalue weighted by molar-refractivity contribution is 5.06. The Bertz CT molecular complexity index is 1050. The molecule has 51 heavy (non-hydrogen) atoms. The molecule has 0 bridgehead atoms. The zero-order valence-corrected chi connectivity index (χ0v) is 35.0. The minimum Gasteiger partial charge on any atom is -0.392 e. The van der Waals surface area contributed by atoms with Gasteiger partial charge in [0.1, 0.15) is 0 Å². The van der Waals surface area contributed by atoms with Crippen LogP contribution in [0.15, 0.2) is 46.6 Å². The molecule has 0 rings (SSSR count). The fourth-order valence-corrected chi connectivity index (χ4v) is 7.00. The van der Waals surface area contributed by atoms with E-state index < -0.39 is 28.0 Å². The fraction of sp³-hybridized carbons (Fsp3) is 0.822. The third-order valence-corrected chi connectivity index (χ3v) is 10.7. The van der Waals surface area contributed by atoms with E-state index in [0.717, 1.165) is 83.5 Å². The molecule has 300 valence electrons. The minimum atomic E-state index is -0.843. The topological polar surface area (TPSA) is 121 Å². The van der Waals surface area contributed by atoms with Crippen LogP contribution in [0.2, 0.25) is 0 Å². The summed E-state index contributed by atoms with van der Waals surface area (Å²) in [6.07, 6.45) is 25.0. The van der Waals surface area contributed by atoms with Gasteiger partial charge in [-0.1, -0.05) is 46.6 Å². The van der Waals surface area contributed by atoms with E-state index in [9.17, 15) is 25.5 Å². The molecule has 0 spiro atoms. The average Bonchev–Trinajstić information content (AvgIpc) is 2.96. The third-order valence-electron chi connectivity index (χ3n) is 10.7. The molecule has 0 aliphatic carbocycles. The average molecular weight is 721 g/mol. The first-order chi connectivity index (χ1) is 23.5. The van der Waals surface area contributed by atoms with Crippen LogP contribution in [-0.2, 0) is 0 Å². The maximum Gasteiger partial charge on any atom is 0.0622 e. The van der Waals surface area contributed by atoms with Crippen molar-refractivity contribution >= 4 is 0 Å². The number of hydrogen-bond donors (Lipinski definition) is 6. The Kier molecular flexibility index (Phi) is 24.3. The van der Waals surface area contributed by atoms with Crippen molar-refractivity contribution in [1.29, 1.82) is 0 Å². The van der Waals surface area contributed by atoms with Crippen molar-refractivity contribution in [2.24, 2.45) is 0 Å². The molecule has 6 N–H and O–H groups in total. The van der Waals surface area contributed by atoms with Crippen LogP contribution < -0.4 is 0 Å². The van der Waals surface area contributed by atoms with Crippen LogP contribution in [0.3, 0.4) is 0 Å². The summed E-state index contributed by atoms with van der Waals surface area (Å²) in [4.78, 5) is 0. The summed E-state index contributed by atoms with van der Waals surface area (Å²) in [6, 6.07) is 0. The van der Waals surface area contributed by atoms with Crippen molar-refractivity contribution in [1.82, 2.24) is 0 Å². The molecule has 6 heteroatoms. The van der Waals surface area contributed by atoms with Gasteiger partial charge < -0.3 is 30.6 Å². The van der Waals surface area contributed by atoms with Crippen LogP contribution >= 0.6 is 0 Å². The maximum absolute atomic E-state index is 11.0. The standard InChI is InChI=1S/C45H84O6/c1-37(2)19-13-26-41(6,47)28-15-30-43(8,49)32-17-34-45(10,51)35-18-33-44(9,50)31-16-29-42(7,48)27-14-24-39(4)22-11-20-38(3)21-12-23-40(5)25-36-46/h19,21-22,25,46-51H,11-18,20,23-24,26-36H2,1-10H3/b38-21+,39-22+,40-25+/t41-,42+,43+,44+,45-/m0/s1. The van der Waals surface area contributed by atoms with Gasteiger partial charge in [-0.25, -0.2) is 0 Å². The highest BCUT2D eigenvalue weighted by Gasteiger charge is 2.28. The largest absolute Gasteiger partial charge is 0.392 e. The molecule has 0 fully saturated rings. The molecule has 0 unspecified atom stereocenters. The smallest absolute Gasteiger partial charge is 0.0622 e. The van der Waals surface area contributed by atoms with Gasteiger partial charge in [0, 0.05) is 0 Å². The Morgan fingerprint density at radius 2 is 0.667 bits per heavy atom. The zero-order valence-electron chi connectivity index (χ0n) is 35.0. The molecule has 0 aromatic rings. The molecule has 0 aromatic carbocycles. The molecular weight excluding hydrogens is 636 g/mol. The fourth-order valence-electron chi connectivity index (χ4n) is 7.00. The highest BCUT2D eigenvalue weighted by atomic mass is 16.3. The van der Waals surface area contributed by atoms with Crippen LogP contribution in [0.25, 0.3) is 0 Å². The van der Waals surface area contributed by atoms with Gasteiger partial charge >= 0.3 is 0 Å². The van der Waals surface area contributed by atoms with E-state index in [4.69, 9.17) is 5.11 Å². The quantitative estimate of drug-likeness (QED) is 0.0411. The van der Waals surface area contributed by atoms with E-state index in [1.165, 1.54) is 22.3 Å². The second-order valence-electron chi connectivity index (χ2n) is 18.0. The Balaban J connectivity index is 4.33. The molecule has 0 heterocycles. The van der Waals surface area contributed by atoms with Gasteiger partial charge in [-0.2, -0.15) is 0 Å². The first-order valence-corrected chi connectivity index (χ1v) is 20.3. The molecule has 0 aliphatic heterocycles. The van der Waals surface area contributed by atoms with Crippen LogP contribution in [0.4, 0.5) is 0 Å². The minimum absolute atomic E-state index is 0.115. The summed E-state index contributed by atoms with van der Waals surface area (Å²) in [6.45, 7) is 20.1.